The molecule has 0 saturated carbocycles. The quantitative estimate of drug-likeness (QED) is 0.383. The number of halogens is 1. The zero-order valence-electron chi connectivity index (χ0n) is 6.63. The van der Waals surface area contributed by atoms with Gasteiger partial charge in [-0.1, -0.05) is 6.58 Å². The second-order valence-electron chi connectivity index (χ2n) is 2.18. The molecule has 0 aromatic carbocycles. The smallest absolute Gasteiger partial charge is 0.172 e. The van der Waals surface area contributed by atoms with Gasteiger partial charge in [0, 0.05) is 13.1 Å². The van der Waals surface area contributed by atoms with E-state index < -0.39 is 0 Å². The van der Waals surface area contributed by atoms with E-state index in [-0.39, 0.29) is 0 Å². The first-order valence-electron chi connectivity index (χ1n) is 3.16. The molecule has 0 unspecified atom stereocenters. The van der Waals surface area contributed by atoms with Crippen molar-refractivity contribution < 1.29 is 0 Å². The molecule has 0 saturated heterocycles. The van der Waals surface area contributed by atoms with Crippen molar-refractivity contribution in [2.24, 2.45) is 4.99 Å². The van der Waals surface area contributed by atoms with Crippen molar-refractivity contribution in [1.82, 2.24) is 4.90 Å². The molecule has 58 valence electrons. The van der Waals surface area contributed by atoms with Crippen molar-refractivity contribution in [1.29, 1.82) is 0 Å². The van der Waals surface area contributed by atoms with E-state index >= 15 is 0 Å². The van der Waals surface area contributed by atoms with Crippen LogP contribution in [0.5, 0.6) is 0 Å². The molecule has 3 heteroatoms. The predicted octanol–water partition coefficient (Wildman–Crippen LogP) is 2.22. The van der Waals surface area contributed by atoms with Gasteiger partial charge in [-0.2, -0.15) is 0 Å². The van der Waals surface area contributed by atoms with Crippen LogP contribution in [0.2, 0.25) is 0 Å². The zero-order chi connectivity index (χ0) is 8.15. The van der Waals surface area contributed by atoms with Gasteiger partial charge in [-0.15, -0.1) is 0 Å². The van der Waals surface area contributed by atoms with Crippen LogP contribution in [0.1, 0.15) is 13.8 Å². The number of rotatable bonds is 2. The van der Waals surface area contributed by atoms with Crippen molar-refractivity contribution in [3.63, 3.8) is 0 Å². The molecule has 0 radical (unpaired) electrons. The Balaban J connectivity index is 4.21. The maximum absolute atomic E-state index is 3.97. The Morgan fingerprint density at radius 1 is 1.70 bits per heavy atom. The van der Waals surface area contributed by atoms with Crippen LogP contribution >= 0.6 is 15.9 Å². The lowest BCUT2D eigenvalue weighted by molar-refractivity contribution is 0.468. The van der Waals surface area contributed by atoms with Crippen molar-refractivity contribution in [2.45, 2.75) is 19.9 Å². The summed E-state index contributed by atoms with van der Waals surface area (Å²) in [7, 11) is 1.74. The third-order valence-corrected chi connectivity index (χ3v) is 1.91. The highest BCUT2D eigenvalue weighted by molar-refractivity contribution is 9.18. The summed E-state index contributed by atoms with van der Waals surface area (Å²) >= 11 is 3.31. The maximum Gasteiger partial charge on any atom is 0.172 e. The summed E-state index contributed by atoms with van der Waals surface area (Å²) in [6, 6.07) is 0.399. The van der Waals surface area contributed by atoms with E-state index in [1.54, 1.807) is 13.2 Å². The van der Waals surface area contributed by atoms with Gasteiger partial charge in [0.2, 0.25) is 0 Å². The highest BCUT2D eigenvalue weighted by atomic mass is 79.9. The van der Waals surface area contributed by atoms with Gasteiger partial charge in [0.15, 0.2) is 4.74 Å². The first-order chi connectivity index (χ1) is 4.63. The minimum Gasteiger partial charge on any atom is -0.326 e. The van der Waals surface area contributed by atoms with E-state index in [4.69, 9.17) is 0 Å². The highest BCUT2D eigenvalue weighted by Gasteiger charge is 2.06. The number of hydrogen-bond donors (Lipinski definition) is 0. The van der Waals surface area contributed by atoms with Gasteiger partial charge in [-0.3, -0.25) is 4.99 Å². The van der Waals surface area contributed by atoms with E-state index in [9.17, 15) is 0 Å². The molecule has 0 aromatic heterocycles. The Labute approximate surface area is 70.8 Å². The second kappa shape index (κ2) is 4.50. The predicted molar refractivity (Wildman–Crippen MR) is 49.5 cm³/mol. The van der Waals surface area contributed by atoms with Crippen molar-refractivity contribution in [2.75, 3.05) is 7.05 Å². The molecule has 0 aliphatic carbocycles. The van der Waals surface area contributed by atoms with Gasteiger partial charge in [-0.05, 0) is 36.0 Å². The van der Waals surface area contributed by atoms with Gasteiger partial charge >= 0.3 is 0 Å². The van der Waals surface area contributed by atoms with Gasteiger partial charge in [0.05, 0.1) is 0 Å². The molecule has 2 nitrogen and oxygen atoms in total. The molecular weight excluding hydrogens is 192 g/mol. The van der Waals surface area contributed by atoms with E-state index in [1.165, 1.54) is 0 Å². The molecule has 0 spiro atoms. The van der Waals surface area contributed by atoms with Crippen LogP contribution < -0.4 is 0 Å². The molecule has 0 aromatic rings. The summed E-state index contributed by atoms with van der Waals surface area (Å²) in [5.41, 5.74) is 0. The lowest BCUT2D eigenvalue weighted by Gasteiger charge is -2.21. The molecule has 0 bridgehead atoms. The normalized spacial score (nSPS) is 11.9. The summed E-state index contributed by atoms with van der Waals surface area (Å²) in [6.07, 6.45) is 1.75. The SMILES string of the molecule is C=CN(C(Br)=NC)C(C)C. The summed E-state index contributed by atoms with van der Waals surface area (Å²) in [5.74, 6) is 0. The summed E-state index contributed by atoms with van der Waals surface area (Å²) in [6.45, 7) is 7.82. The van der Waals surface area contributed by atoms with E-state index in [2.05, 4.69) is 41.3 Å². The fourth-order valence-electron chi connectivity index (χ4n) is 0.615. The van der Waals surface area contributed by atoms with Crippen molar-refractivity contribution >= 4 is 20.7 Å². The molecule has 0 atom stereocenters. The summed E-state index contributed by atoms with van der Waals surface area (Å²) in [4.78, 5) is 5.91. The van der Waals surface area contributed by atoms with Gasteiger partial charge in [0.25, 0.3) is 0 Å². The van der Waals surface area contributed by atoms with E-state index in [1.807, 2.05) is 4.90 Å². The number of amidine groups is 1. The third kappa shape index (κ3) is 2.52. The largest absolute Gasteiger partial charge is 0.326 e. The Hall–Kier alpha value is -0.310. The summed E-state index contributed by atoms with van der Waals surface area (Å²) < 4.78 is 0.817. The Kier molecular flexibility index (Phi) is 4.36. The van der Waals surface area contributed by atoms with Gasteiger partial charge in [-0.25, -0.2) is 0 Å². The average molecular weight is 205 g/mol. The van der Waals surface area contributed by atoms with E-state index in [0.717, 1.165) is 4.74 Å². The highest BCUT2D eigenvalue weighted by Crippen LogP contribution is 2.04. The molecule has 0 heterocycles. The molecule has 10 heavy (non-hydrogen) atoms. The van der Waals surface area contributed by atoms with Crippen molar-refractivity contribution in [3.05, 3.63) is 12.8 Å². The zero-order valence-corrected chi connectivity index (χ0v) is 8.22. The molecule has 0 aliphatic rings. The fraction of sp³-hybridized carbons (Fsp3) is 0.571. The fourth-order valence-corrected chi connectivity index (χ4v) is 1.17. The van der Waals surface area contributed by atoms with Crippen molar-refractivity contribution in [3.8, 4) is 0 Å². The molecule has 0 aliphatic heterocycles. The topological polar surface area (TPSA) is 15.6 Å². The van der Waals surface area contributed by atoms with E-state index in [0.29, 0.717) is 6.04 Å². The molecule has 0 N–H and O–H groups in total. The monoisotopic (exact) mass is 204 g/mol. The minimum atomic E-state index is 0.399. The second-order valence-corrected chi connectivity index (χ2v) is 2.89. The third-order valence-electron chi connectivity index (χ3n) is 1.15. The molecule has 0 amide bonds. The Morgan fingerprint density at radius 2 is 2.20 bits per heavy atom. The Bertz CT molecular complexity index is 141. The van der Waals surface area contributed by atoms with Crippen LogP contribution in [0.3, 0.4) is 0 Å². The maximum atomic E-state index is 3.97. The van der Waals surface area contributed by atoms with Crippen LogP contribution in [0.25, 0.3) is 0 Å². The lowest BCUT2D eigenvalue weighted by Crippen LogP contribution is -2.27. The summed E-state index contributed by atoms with van der Waals surface area (Å²) in [5, 5.41) is 0. The van der Waals surface area contributed by atoms with Crippen LogP contribution in [-0.4, -0.2) is 22.7 Å². The average Bonchev–Trinajstić information content (AvgIpc) is 1.88. The van der Waals surface area contributed by atoms with Crippen LogP contribution in [0.15, 0.2) is 17.8 Å². The minimum absolute atomic E-state index is 0.399. The Morgan fingerprint density at radius 3 is 2.30 bits per heavy atom. The first-order valence-corrected chi connectivity index (χ1v) is 3.96. The van der Waals surface area contributed by atoms with Crippen LogP contribution in [0, 0.1) is 0 Å². The number of nitrogens with zero attached hydrogens (tertiary/aromatic N) is 2. The molecular formula is C7H13BrN2. The lowest BCUT2D eigenvalue weighted by atomic mass is 10.4. The van der Waals surface area contributed by atoms with Gasteiger partial charge in [0.1, 0.15) is 0 Å². The number of hydrogen-bond acceptors (Lipinski definition) is 1. The number of aliphatic imine (C=N–C) groups is 1. The standard InChI is InChI=1S/C7H13BrN2/c1-5-10(6(2)3)7(8)9-4/h5-6H,1H2,2-4H3. The molecule has 0 rings (SSSR count). The van der Waals surface area contributed by atoms with Crippen LogP contribution in [0.4, 0.5) is 0 Å². The molecule has 0 fully saturated rings. The van der Waals surface area contributed by atoms with Gasteiger partial charge < -0.3 is 4.90 Å². The first kappa shape index (κ1) is 9.69. The van der Waals surface area contributed by atoms with Crippen LogP contribution in [-0.2, 0) is 0 Å².